The molecule has 0 aromatic carbocycles. The summed E-state index contributed by atoms with van der Waals surface area (Å²) in [6.07, 6.45) is 36.4. The minimum Gasteiger partial charge on any atom is -0.462 e. The van der Waals surface area contributed by atoms with Gasteiger partial charge in [0.05, 0.1) is 26.4 Å². The smallest absolute Gasteiger partial charge is 0.462 e. The van der Waals surface area contributed by atoms with E-state index in [0.29, 0.717) is 37.5 Å². The van der Waals surface area contributed by atoms with Gasteiger partial charge in [0, 0.05) is 25.7 Å². The summed E-state index contributed by atoms with van der Waals surface area (Å²) in [5.74, 6) is 0.770. The molecule has 0 aromatic rings. The first kappa shape index (κ1) is 83.1. The van der Waals surface area contributed by atoms with Gasteiger partial charge in [0.1, 0.15) is 19.3 Å². The molecule has 0 spiro atoms. The first-order valence-electron chi connectivity index (χ1n) is 34.2. The van der Waals surface area contributed by atoms with Crippen LogP contribution in [0.25, 0.3) is 0 Å². The molecule has 3 N–H and O–H groups in total. The van der Waals surface area contributed by atoms with Crippen molar-refractivity contribution < 1.29 is 80.2 Å². The van der Waals surface area contributed by atoms with Crippen molar-refractivity contribution in [2.24, 2.45) is 23.7 Å². The standard InChI is InChI=1S/C66H128O17P2/c1-9-59(8)45-37-29-24-25-31-39-47-64(69)77-53-62(83-66(71)49-41-33-23-17-20-28-36-44-58(6)7)55-81-85(74,75)79-51-60(67)50-78-84(72,73)80-54-61(52-76-63(68)46-38-30-22-16-19-27-35-43-57(4)5)82-65(70)48-40-32-21-15-13-11-10-12-14-18-26-34-42-56(2)3/h56-62,67H,9-55H2,1-8H3,(H,72,73)(H,74,75)/t59?,60?,61-,62-/m1/s1. The highest BCUT2D eigenvalue weighted by Crippen LogP contribution is 2.45. The Morgan fingerprint density at radius 1 is 0.329 bits per heavy atom. The zero-order valence-electron chi connectivity index (χ0n) is 55.2. The minimum atomic E-state index is -4.95. The fourth-order valence-electron chi connectivity index (χ4n) is 9.75. The molecule has 6 atom stereocenters. The molecule has 0 aliphatic carbocycles. The molecular weight excluding hydrogens is 1130 g/mol. The second-order valence-corrected chi connectivity index (χ2v) is 28.4. The van der Waals surface area contributed by atoms with Crippen molar-refractivity contribution in [3.63, 3.8) is 0 Å². The van der Waals surface area contributed by atoms with E-state index in [0.717, 1.165) is 115 Å². The number of ether oxygens (including phenoxy) is 4. The van der Waals surface area contributed by atoms with E-state index in [4.69, 9.17) is 37.0 Å². The van der Waals surface area contributed by atoms with Crippen LogP contribution in [0, 0.1) is 23.7 Å². The minimum absolute atomic E-state index is 0.102. The molecule has 0 fully saturated rings. The molecule has 0 radical (unpaired) electrons. The maximum absolute atomic E-state index is 13.0. The van der Waals surface area contributed by atoms with Crippen LogP contribution in [0.5, 0.6) is 0 Å². The number of carbonyl (C=O) groups is 4. The number of aliphatic hydroxyl groups is 1. The number of phosphoric ester groups is 2. The van der Waals surface area contributed by atoms with Crippen molar-refractivity contribution in [3.8, 4) is 0 Å². The van der Waals surface area contributed by atoms with Gasteiger partial charge < -0.3 is 33.8 Å². The molecule has 0 aliphatic rings. The SMILES string of the molecule is CCC(C)CCCCCCCCC(=O)OC[C@H](COP(=O)(O)OCC(O)COP(=O)(O)OC[C@@H](COC(=O)CCCCCCCCCC(C)C)OC(=O)CCCCCCCCCCCCCCC(C)C)OC(=O)CCCCCCCCCC(C)C. The van der Waals surface area contributed by atoms with Gasteiger partial charge in [-0.15, -0.1) is 0 Å². The Bertz CT molecular complexity index is 1700. The number of unbranched alkanes of at least 4 members (excludes halogenated alkanes) is 28. The average molecular weight is 1260 g/mol. The summed E-state index contributed by atoms with van der Waals surface area (Å²) in [5.41, 5.74) is 0. The van der Waals surface area contributed by atoms with E-state index in [9.17, 15) is 43.2 Å². The van der Waals surface area contributed by atoms with E-state index in [1.807, 2.05) is 0 Å². The van der Waals surface area contributed by atoms with Crippen molar-refractivity contribution in [2.75, 3.05) is 39.6 Å². The molecule has 0 aliphatic heterocycles. The second-order valence-electron chi connectivity index (χ2n) is 25.5. The second kappa shape index (κ2) is 56.1. The Morgan fingerprint density at radius 2 is 0.565 bits per heavy atom. The third kappa shape index (κ3) is 59.5. The highest BCUT2D eigenvalue weighted by molar-refractivity contribution is 7.47. The molecule has 0 rings (SSSR count). The van der Waals surface area contributed by atoms with Crippen molar-refractivity contribution in [1.29, 1.82) is 0 Å². The third-order valence-electron chi connectivity index (χ3n) is 15.4. The van der Waals surface area contributed by atoms with Crippen LogP contribution in [0.1, 0.15) is 319 Å². The molecule has 0 saturated heterocycles. The van der Waals surface area contributed by atoms with Crippen LogP contribution in [0.3, 0.4) is 0 Å². The van der Waals surface area contributed by atoms with E-state index >= 15 is 0 Å². The van der Waals surface area contributed by atoms with Gasteiger partial charge in [0.2, 0.25) is 0 Å². The monoisotopic (exact) mass is 1250 g/mol. The number of esters is 4. The first-order chi connectivity index (χ1) is 40.6. The Kier molecular flexibility index (Phi) is 54.8. The maximum atomic E-state index is 13.0. The van der Waals surface area contributed by atoms with E-state index in [1.54, 1.807) is 0 Å². The molecule has 0 saturated carbocycles. The van der Waals surface area contributed by atoms with Gasteiger partial charge in [-0.1, -0.05) is 267 Å². The predicted octanol–water partition coefficient (Wildman–Crippen LogP) is 18.1. The maximum Gasteiger partial charge on any atom is 0.472 e. The topological polar surface area (TPSA) is 237 Å². The van der Waals surface area contributed by atoms with Crippen LogP contribution in [-0.2, 0) is 65.4 Å². The van der Waals surface area contributed by atoms with Gasteiger partial charge >= 0.3 is 39.5 Å². The molecular formula is C66H128O17P2. The van der Waals surface area contributed by atoms with E-state index in [-0.39, 0.29) is 25.7 Å². The molecule has 19 heteroatoms. The van der Waals surface area contributed by atoms with Gasteiger partial charge in [0.15, 0.2) is 12.2 Å². The molecule has 504 valence electrons. The molecule has 0 bridgehead atoms. The largest absolute Gasteiger partial charge is 0.472 e. The summed E-state index contributed by atoms with van der Waals surface area (Å²) < 4.78 is 68.1. The number of aliphatic hydroxyl groups excluding tert-OH is 1. The molecule has 0 aromatic heterocycles. The molecule has 17 nitrogen and oxygen atoms in total. The van der Waals surface area contributed by atoms with Gasteiger partial charge in [-0.05, 0) is 49.4 Å². The van der Waals surface area contributed by atoms with Crippen molar-refractivity contribution in [3.05, 3.63) is 0 Å². The lowest BCUT2D eigenvalue weighted by molar-refractivity contribution is -0.161. The zero-order valence-corrected chi connectivity index (χ0v) is 57.0. The van der Waals surface area contributed by atoms with Gasteiger partial charge in [-0.25, -0.2) is 9.13 Å². The Morgan fingerprint density at radius 3 is 0.835 bits per heavy atom. The van der Waals surface area contributed by atoms with Crippen molar-refractivity contribution >= 4 is 39.5 Å². The summed E-state index contributed by atoms with van der Waals surface area (Å²) in [6.45, 7) is 14.0. The fraction of sp³-hybridized carbons (Fsp3) is 0.939. The normalized spacial score (nSPS) is 14.7. The van der Waals surface area contributed by atoms with Gasteiger partial charge in [0.25, 0.3) is 0 Å². The number of carbonyl (C=O) groups excluding carboxylic acids is 4. The van der Waals surface area contributed by atoms with Gasteiger partial charge in [-0.3, -0.25) is 37.3 Å². The highest BCUT2D eigenvalue weighted by Gasteiger charge is 2.30. The van der Waals surface area contributed by atoms with Crippen LogP contribution in [-0.4, -0.2) is 96.7 Å². The van der Waals surface area contributed by atoms with E-state index < -0.39 is 97.5 Å². The zero-order chi connectivity index (χ0) is 63.2. The Labute approximate surface area is 517 Å². The lowest BCUT2D eigenvalue weighted by atomic mass is 10.00. The number of rotatable bonds is 63. The number of hydrogen-bond donors (Lipinski definition) is 3. The van der Waals surface area contributed by atoms with Crippen LogP contribution < -0.4 is 0 Å². The van der Waals surface area contributed by atoms with Crippen LogP contribution in [0.15, 0.2) is 0 Å². The van der Waals surface area contributed by atoms with Gasteiger partial charge in [-0.2, -0.15) is 0 Å². The summed E-state index contributed by atoms with van der Waals surface area (Å²) in [4.78, 5) is 72.3. The Balaban J connectivity index is 5.24. The third-order valence-corrected chi connectivity index (χ3v) is 17.3. The Hall–Kier alpha value is -1.94. The first-order valence-corrected chi connectivity index (χ1v) is 37.2. The summed E-state index contributed by atoms with van der Waals surface area (Å²) in [5, 5.41) is 10.5. The van der Waals surface area contributed by atoms with E-state index in [1.165, 1.54) is 109 Å². The summed E-state index contributed by atoms with van der Waals surface area (Å²) >= 11 is 0. The number of hydrogen-bond acceptors (Lipinski definition) is 15. The fourth-order valence-corrected chi connectivity index (χ4v) is 11.3. The van der Waals surface area contributed by atoms with Crippen LogP contribution in [0.4, 0.5) is 0 Å². The summed E-state index contributed by atoms with van der Waals surface area (Å²) in [7, 11) is -9.89. The number of phosphoric acid groups is 2. The van der Waals surface area contributed by atoms with Crippen LogP contribution in [0.2, 0.25) is 0 Å². The van der Waals surface area contributed by atoms with Crippen LogP contribution >= 0.6 is 15.6 Å². The quantitative estimate of drug-likeness (QED) is 0.0222. The molecule has 0 amide bonds. The highest BCUT2D eigenvalue weighted by atomic mass is 31.2. The predicted molar refractivity (Wildman–Crippen MR) is 340 cm³/mol. The lowest BCUT2D eigenvalue weighted by Gasteiger charge is -2.21. The molecule has 0 heterocycles. The summed E-state index contributed by atoms with van der Waals surface area (Å²) in [6, 6.07) is 0. The van der Waals surface area contributed by atoms with Crippen molar-refractivity contribution in [2.45, 2.75) is 337 Å². The van der Waals surface area contributed by atoms with E-state index in [2.05, 4.69) is 55.4 Å². The lowest BCUT2D eigenvalue weighted by Crippen LogP contribution is -2.30. The van der Waals surface area contributed by atoms with Crippen molar-refractivity contribution in [1.82, 2.24) is 0 Å². The average Bonchev–Trinajstić information content (AvgIpc) is 3.50. The molecule has 4 unspecified atom stereocenters. The molecule has 85 heavy (non-hydrogen) atoms.